The Bertz CT molecular complexity index is 1070. The van der Waals surface area contributed by atoms with Gasteiger partial charge in [0.25, 0.3) is 5.69 Å². The van der Waals surface area contributed by atoms with Crippen molar-refractivity contribution in [1.29, 1.82) is 0 Å². The molecule has 0 aliphatic heterocycles. The van der Waals surface area contributed by atoms with Gasteiger partial charge in [0.15, 0.2) is 4.90 Å². The number of nitro benzene ring substituents is 1. The lowest BCUT2D eigenvalue weighted by molar-refractivity contribution is -0.387. The molecule has 0 atom stereocenters. The highest BCUT2D eigenvalue weighted by atomic mass is 35.5. The molecule has 136 valence electrons. The molecule has 1 N–H and O–H groups in total. The van der Waals surface area contributed by atoms with Crippen LogP contribution in [-0.4, -0.2) is 29.4 Å². The molecule has 1 aromatic heterocycles. The Hall–Kier alpha value is -2.49. The van der Waals surface area contributed by atoms with E-state index in [1.54, 1.807) is 6.33 Å². The molecule has 0 spiro atoms. The number of nitrogens with zero attached hydrogens (tertiary/aromatic N) is 3. The lowest BCUT2D eigenvalue weighted by atomic mass is 10.3. The van der Waals surface area contributed by atoms with E-state index in [0.717, 1.165) is 23.2 Å². The molecule has 0 bridgehead atoms. The number of hydrogen-bond donors (Lipinski definition) is 1. The van der Waals surface area contributed by atoms with E-state index in [1.165, 1.54) is 6.07 Å². The van der Waals surface area contributed by atoms with Crippen LogP contribution in [0.25, 0.3) is 11.0 Å². The fourth-order valence-electron chi connectivity index (χ4n) is 2.58. The number of nitro groups is 1. The molecule has 1 heterocycles. The first-order valence-electron chi connectivity index (χ1n) is 7.72. The summed E-state index contributed by atoms with van der Waals surface area (Å²) in [6, 6.07) is 11.1. The number of aryl methyl sites for hydroxylation is 1. The van der Waals surface area contributed by atoms with Crippen molar-refractivity contribution in [2.24, 2.45) is 0 Å². The van der Waals surface area contributed by atoms with Gasteiger partial charge in [-0.05, 0) is 30.7 Å². The van der Waals surface area contributed by atoms with Crippen LogP contribution in [0.4, 0.5) is 5.69 Å². The highest BCUT2D eigenvalue weighted by molar-refractivity contribution is 7.89. The number of imidazole rings is 1. The lowest BCUT2D eigenvalue weighted by Gasteiger charge is -2.08. The van der Waals surface area contributed by atoms with E-state index in [9.17, 15) is 18.5 Å². The zero-order chi connectivity index (χ0) is 18.7. The van der Waals surface area contributed by atoms with E-state index in [0.29, 0.717) is 13.0 Å². The van der Waals surface area contributed by atoms with Crippen molar-refractivity contribution >= 4 is 38.3 Å². The standard InChI is InChI=1S/C16H15ClN4O4S/c17-12-6-7-16(15(10-12)21(22)23)26(24,25)19-8-3-9-20-11-18-13-4-1-2-5-14(13)20/h1-2,4-7,10-11,19H,3,8-9H2. The number of rotatable bonds is 7. The second kappa shape index (κ2) is 7.40. The number of aromatic nitrogens is 2. The van der Waals surface area contributed by atoms with Crippen LogP contribution in [0.15, 0.2) is 53.7 Å². The highest BCUT2D eigenvalue weighted by Crippen LogP contribution is 2.26. The largest absolute Gasteiger partial charge is 0.331 e. The Labute approximate surface area is 154 Å². The molecule has 26 heavy (non-hydrogen) atoms. The maximum atomic E-state index is 12.4. The van der Waals surface area contributed by atoms with Gasteiger partial charge >= 0.3 is 0 Å². The topological polar surface area (TPSA) is 107 Å². The quantitative estimate of drug-likeness (QED) is 0.376. The smallest absolute Gasteiger partial charge is 0.290 e. The van der Waals surface area contributed by atoms with Crippen molar-refractivity contribution in [1.82, 2.24) is 14.3 Å². The van der Waals surface area contributed by atoms with E-state index in [2.05, 4.69) is 9.71 Å². The number of para-hydroxylation sites is 2. The van der Waals surface area contributed by atoms with Crippen LogP contribution in [0.3, 0.4) is 0 Å². The monoisotopic (exact) mass is 394 g/mol. The number of nitrogens with one attached hydrogen (secondary N) is 1. The molecule has 3 rings (SSSR count). The maximum absolute atomic E-state index is 12.4. The summed E-state index contributed by atoms with van der Waals surface area (Å²) in [5.41, 5.74) is 1.28. The van der Waals surface area contributed by atoms with E-state index in [-0.39, 0.29) is 11.6 Å². The normalized spacial score (nSPS) is 11.7. The van der Waals surface area contributed by atoms with Gasteiger partial charge in [0.05, 0.1) is 22.3 Å². The van der Waals surface area contributed by atoms with Gasteiger partial charge in [-0.1, -0.05) is 23.7 Å². The van der Waals surface area contributed by atoms with Crippen LogP contribution in [-0.2, 0) is 16.6 Å². The third-order valence-electron chi connectivity index (χ3n) is 3.80. The molecule has 0 saturated carbocycles. The summed E-state index contributed by atoms with van der Waals surface area (Å²) in [6.45, 7) is 0.695. The molecular weight excluding hydrogens is 380 g/mol. The lowest BCUT2D eigenvalue weighted by Crippen LogP contribution is -2.26. The van der Waals surface area contributed by atoms with Crippen molar-refractivity contribution in [2.45, 2.75) is 17.9 Å². The summed E-state index contributed by atoms with van der Waals surface area (Å²) < 4.78 is 29.0. The van der Waals surface area contributed by atoms with Gasteiger partial charge in [-0.25, -0.2) is 18.1 Å². The summed E-state index contributed by atoms with van der Waals surface area (Å²) in [5, 5.41) is 11.2. The fraction of sp³-hybridized carbons (Fsp3) is 0.188. The van der Waals surface area contributed by atoms with Crippen LogP contribution in [0.1, 0.15) is 6.42 Å². The summed E-state index contributed by atoms with van der Waals surface area (Å²) in [4.78, 5) is 14.2. The third-order valence-corrected chi connectivity index (χ3v) is 5.55. The molecule has 0 radical (unpaired) electrons. The zero-order valence-corrected chi connectivity index (χ0v) is 15.1. The Balaban J connectivity index is 1.67. The van der Waals surface area contributed by atoms with Crippen LogP contribution in [0.5, 0.6) is 0 Å². The summed E-state index contributed by atoms with van der Waals surface area (Å²) in [5.74, 6) is 0. The number of hydrogen-bond acceptors (Lipinski definition) is 5. The van der Waals surface area contributed by atoms with E-state index >= 15 is 0 Å². The maximum Gasteiger partial charge on any atom is 0.290 e. The van der Waals surface area contributed by atoms with Crippen LogP contribution in [0.2, 0.25) is 5.02 Å². The van der Waals surface area contributed by atoms with Crippen molar-refractivity contribution < 1.29 is 13.3 Å². The van der Waals surface area contributed by atoms with Crippen molar-refractivity contribution in [2.75, 3.05) is 6.54 Å². The van der Waals surface area contributed by atoms with Gasteiger partial charge in [-0.3, -0.25) is 10.1 Å². The minimum atomic E-state index is -4.01. The van der Waals surface area contributed by atoms with Crippen LogP contribution in [0, 0.1) is 10.1 Å². The molecule has 0 saturated heterocycles. The first-order valence-corrected chi connectivity index (χ1v) is 9.58. The third kappa shape index (κ3) is 3.85. The molecule has 0 fully saturated rings. The van der Waals surface area contributed by atoms with Gasteiger partial charge in [-0.2, -0.15) is 0 Å². The Morgan fingerprint density at radius 1 is 1.23 bits per heavy atom. The SMILES string of the molecule is O=[N+]([O-])c1cc(Cl)ccc1S(=O)(=O)NCCCn1cnc2ccccc21. The first kappa shape index (κ1) is 18.3. The highest BCUT2D eigenvalue weighted by Gasteiger charge is 2.25. The van der Waals surface area contributed by atoms with Crippen molar-refractivity contribution in [3.05, 3.63) is 63.9 Å². The van der Waals surface area contributed by atoms with Crippen LogP contribution < -0.4 is 4.72 Å². The van der Waals surface area contributed by atoms with E-state index in [1.807, 2.05) is 28.8 Å². The molecule has 0 amide bonds. The van der Waals surface area contributed by atoms with Crippen LogP contribution >= 0.6 is 11.6 Å². The minimum Gasteiger partial charge on any atom is -0.331 e. The molecule has 2 aromatic carbocycles. The summed E-state index contributed by atoms with van der Waals surface area (Å²) in [7, 11) is -4.01. The van der Waals surface area contributed by atoms with Gasteiger partial charge in [-0.15, -0.1) is 0 Å². The van der Waals surface area contributed by atoms with Crippen molar-refractivity contribution in [3.8, 4) is 0 Å². The van der Waals surface area contributed by atoms with E-state index in [4.69, 9.17) is 11.6 Å². The number of halogens is 1. The number of benzene rings is 2. The van der Waals surface area contributed by atoms with E-state index < -0.39 is 25.5 Å². The molecule has 10 heteroatoms. The summed E-state index contributed by atoms with van der Waals surface area (Å²) in [6.07, 6.45) is 2.20. The molecule has 3 aromatic rings. The Morgan fingerprint density at radius 2 is 2.00 bits per heavy atom. The van der Waals surface area contributed by atoms with Gasteiger partial charge in [0.1, 0.15) is 0 Å². The molecule has 0 aliphatic rings. The number of fused-ring (bicyclic) bond motifs is 1. The number of sulfonamides is 1. The predicted octanol–water partition coefficient (Wildman–Crippen LogP) is 2.97. The Morgan fingerprint density at radius 3 is 2.77 bits per heavy atom. The summed E-state index contributed by atoms with van der Waals surface area (Å²) >= 11 is 5.71. The average molecular weight is 395 g/mol. The second-order valence-corrected chi connectivity index (χ2v) is 7.72. The van der Waals surface area contributed by atoms with Crippen molar-refractivity contribution in [3.63, 3.8) is 0 Å². The molecular formula is C16H15ClN4O4S. The fourth-order valence-corrected chi connectivity index (χ4v) is 3.97. The Kier molecular flexibility index (Phi) is 5.21. The average Bonchev–Trinajstić information content (AvgIpc) is 3.01. The molecule has 0 unspecified atom stereocenters. The molecule has 0 aliphatic carbocycles. The predicted molar refractivity (Wildman–Crippen MR) is 97.6 cm³/mol. The first-order chi connectivity index (χ1) is 12.4. The molecule has 8 nitrogen and oxygen atoms in total. The minimum absolute atomic E-state index is 0.0997. The second-order valence-electron chi connectivity index (χ2n) is 5.55. The van der Waals surface area contributed by atoms with Gasteiger partial charge in [0.2, 0.25) is 10.0 Å². The van der Waals surface area contributed by atoms with Gasteiger partial charge in [0, 0.05) is 24.2 Å². The van der Waals surface area contributed by atoms with Gasteiger partial charge < -0.3 is 4.57 Å². The zero-order valence-electron chi connectivity index (χ0n) is 13.5.